The minimum atomic E-state index is -1.36. The lowest BCUT2D eigenvalue weighted by Crippen LogP contribution is -2.53. The van der Waals surface area contributed by atoms with E-state index in [2.05, 4.69) is 25.2 Å². The molecule has 0 aliphatic carbocycles. The molecule has 0 saturated carbocycles. The van der Waals surface area contributed by atoms with Crippen molar-refractivity contribution in [2.75, 3.05) is 0 Å². The molecule has 12 heteroatoms. The molecule has 3 rings (SSSR count). The van der Waals surface area contributed by atoms with E-state index in [0.29, 0.717) is 30.2 Å². The molecular weight excluding hydrogens is 452 g/mol. The van der Waals surface area contributed by atoms with E-state index in [1.165, 1.54) is 18.5 Å². The Labute approximate surface area is 202 Å². The zero-order chi connectivity index (χ0) is 25.4. The first-order valence-corrected chi connectivity index (χ1v) is 11.0. The summed E-state index contributed by atoms with van der Waals surface area (Å²) in [5.74, 6) is -2.83. The van der Waals surface area contributed by atoms with Crippen LogP contribution in [0.4, 0.5) is 0 Å². The lowest BCUT2D eigenvalue weighted by molar-refractivity contribution is -0.158. The summed E-state index contributed by atoms with van der Waals surface area (Å²) in [6.45, 7) is 3.76. The average Bonchev–Trinajstić information content (AvgIpc) is 3.26. The maximum Gasteiger partial charge on any atom is 0.326 e. The van der Waals surface area contributed by atoms with Crippen molar-refractivity contribution in [2.24, 2.45) is 5.73 Å². The van der Waals surface area contributed by atoms with Crippen molar-refractivity contribution in [3.8, 4) is 0 Å². The van der Waals surface area contributed by atoms with Gasteiger partial charge in [-0.2, -0.15) is 0 Å². The first kappa shape index (κ1) is 25.6. The summed E-state index contributed by atoms with van der Waals surface area (Å²) >= 11 is 0. The highest BCUT2D eigenvalue weighted by Crippen LogP contribution is 2.11. The van der Waals surface area contributed by atoms with Crippen molar-refractivity contribution in [3.63, 3.8) is 0 Å². The van der Waals surface area contributed by atoms with Gasteiger partial charge in [0, 0.05) is 32.0 Å². The Morgan fingerprint density at radius 1 is 0.971 bits per heavy atom. The number of nitrogens with two attached hydrogens (primary N) is 1. The Kier molecular flexibility index (Phi) is 8.70. The molecule has 0 unspecified atom stereocenters. The van der Waals surface area contributed by atoms with Crippen LogP contribution >= 0.6 is 0 Å². The van der Waals surface area contributed by atoms with Gasteiger partial charge in [-0.1, -0.05) is 17.3 Å². The highest BCUT2D eigenvalue weighted by atomic mass is 16.4. The molecule has 3 heterocycles. The number of carbonyl (C=O) groups is 3. The Morgan fingerprint density at radius 2 is 1.54 bits per heavy atom. The average molecular weight is 481 g/mol. The van der Waals surface area contributed by atoms with Crippen LogP contribution in [0.3, 0.4) is 0 Å². The van der Waals surface area contributed by atoms with E-state index in [1.807, 2.05) is 36.4 Å². The third-order valence-corrected chi connectivity index (χ3v) is 5.13. The summed E-state index contributed by atoms with van der Waals surface area (Å²) < 4.78 is 1.27. The lowest BCUT2D eigenvalue weighted by atomic mass is 10.2. The summed E-state index contributed by atoms with van der Waals surface area (Å²) in [6, 6.07) is 8.98. The van der Waals surface area contributed by atoms with Gasteiger partial charge in [-0.15, -0.1) is 5.10 Å². The van der Waals surface area contributed by atoms with Crippen LogP contribution in [0.15, 0.2) is 55.0 Å². The molecule has 184 valence electrons. The van der Waals surface area contributed by atoms with Gasteiger partial charge >= 0.3 is 5.97 Å². The first-order valence-electron chi connectivity index (χ1n) is 11.0. The number of aromatic nitrogens is 5. The number of imide groups is 1. The monoisotopic (exact) mass is 480 g/mol. The molecule has 0 aromatic carbocycles. The van der Waals surface area contributed by atoms with Crippen LogP contribution < -0.4 is 5.73 Å². The van der Waals surface area contributed by atoms with E-state index >= 15 is 0 Å². The number of hydrogen-bond donors (Lipinski definition) is 2. The van der Waals surface area contributed by atoms with Crippen molar-refractivity contribution in [2.45, 2.75) is 52.1 Å². The molecule has 0 spiro atoms. The predicted molar refractivity (Wildman–Crippen MR) is 124 cm³/mol. The van der Waals surface area contributed by atoms with Gasteiger partial charge in [-0.25, -0.2) is 9.48 Å². The number of carboxylic acids is 1. The summed E-state index contributed by atoms with van der Waals surface area (Å²) in [6.07, 6.45) is 5.04. The fraction of sp³-hybridized carbons (Fsp3) is 0.348. The van der Waals surface area contributed by atoms with E-state index in [-0.39, 0.29) is 6.54 Å². The number of amides is 2. The maximum atomic E-state index is 12.8. The molecule has 2 atom stereocenters. The first-order chi connectivity index (χ1) is 16.7. The molecular formula is C23H28N8O4. The highest BCUT2D eigenvalue weighted by molar-refractivity contribution is 6.00. The van der Waals surface area contributed by atoms with Crippen LogP contribution in [0.5, 0.6) is 0 Å². The van der Waals surface area contributed by atoms with Crippen molar-refractivity contribution in [3.05, 3.63) is 72.1 Å². The fourth-order valence-corrected chi connectivity index (χ4v) is 3.40. The molecule has 3 aromatic rings. The lowest BCUT2D eigenvalue weighted by Gasteiger charge is -2.26. The van der Waals surface area contributed by atoms with Crippen LogP contribution in [0.25, 0.3) is 0 Å². The molecule has 0 saturated heterocycles. The molecule has 0 aliphatic heterocycles. The van der Waals surface area contributed by atoms with Crippen molar-refractivity contribution in [1.82, 2.24) is 34.8 Å². The molecule has 0 bridgehead atoms. The van der Waals surface area contributed by atoms with Gasteiger partial charge in [-0.3, -0.25) is 29.4 Å². The molecule has 2 amide bonds. The Hall–Kier alpha value is -4.03. The van der Waals surface area contributed by atoms with Crippen LogP contribution in [0.2, 0.25) is 0 Å². The predicted octanol–water partition coefficient (Wildman–Crippen LogP) is 0.446. The Balaban J connectivity index is 1.73. The highest BCUT2D eigenvalue weighted by Gasteiger charge is 2.33. The summed E-state index contributed by atoms with van der Waals surface area (Å²) in [5.41, 5.74) is 7.94. The zero-order valence-corrected chi connectivity index (χ0v) is 19.6. The summed E-state index contributed by atoms with van der Waals surface area (Å²) in [4.78, 5) is 48.1. The van der Waals surface area contributed by atoms with Crippen LogP contribution in [0.1, 0.15) is 30.9 Å². The SMILES string of the molecule is C[C@H](C(=O)O)N(C(=O)Cn1cc(CN(Cc2ccccn2)Cc2ccccn2)nn1)C(=O)[C@@H](C)N. The second kappa shape index (κ2) is 11.9. The van der Waals surface area contributed by atoms with E-state index in [0.717, 1.165) is 11.4 Å². The summed E-state index contributed by atoms with van der Waals surface area (Å²) in [7, 11) is 0. The minimum Gasteiger partial charge on any atom is -0.480 e. The topological polar surface area (TPSA) is 160 Å². The number of nitrogens with zero attached hydrogens (tertiary/aromatic N) is 7. The van der Waals surface area contributed by atoms with E-state index in [1.54, 1.807) is 18.6 Å². The Morgan fingerprint density at radius 3 is 2.03 bits per heavy atom. The van der Waals surface area contributed by atoms with Crippen LogP contribution in [-0.4, -0.2) is 69.7 Å². The van der Waals surface area contributed by atoms with Gasteiger partial charge in [0.1, 0.15) is 12.6 Å². The normalized spacial score (nSPS) is 12.8. The molecule has 12 nitrogen and oxygen atoms in total. The van der Waals surface area contributed by atoms with Crippen molar-refractivity contribution >= 4 is 17.8 Å². The van der Waals surface area contributed by atoms with Gasteiger partial charge in [0.05, 0.1) is 29.3 Å². The molecule has 3 N–H and O–H groups in total. The number of rotatable bonds is 11. The van der Waals surface area contributed by atoms with Gasteiger partial charge < -0.3 is 10.8 Å². The van der Waals surface area contributed by atoms with E-state index in [4.69, 9.17) is 5.73 Å². The van der Waals surface area contributed by atoms with Crippen molar-refractivity contribution in [1.29, 1.82) is 0 Å². The third kappa shape index (κ3) is 7.22. The van der Waals surface area contributed by atoms with E-state index < -0.39 is 29.9 Å². The molecule has 0 fully saturated rings. The van der Waals surface area contributed by atoms with Crippen LogP contribution in [-0.2, 0) is 40.6 Å². The van der Waals surface area contributed by atoms with E-state index in [9.17, 15) is 19.5 Å². The summed E-state index contributed by atoms with van der Waals surface area (Å²) in [5, 5.41) is 17.4. The third-order valence-electron chi connectivity index (χ3n) is 5.13. The Bertz CT molecular complexity index is 1100. The smallest absolute Gasteiger partial charge is 0.326 e. The number of hydrogen-bond acceptors (Lipinski definition) is 9. The molecule has 35 heavy (non-hydrogen) atoms. The number of carbonyl (C=O) groups excluding carboxylic acids is 2. The van der Waals surface area contributed by atoms with Gasteiger partial charge in [0.2, 0.25) is 5.91 Å². The molecule has 0 radical (unpaired) electrons. The maximum absolute atomic E-state index is 12.8. The zero-order valence-electron chi connectivity index (χ0n) is 19.6. The largest absolute Gasteiger partial charge is 0.480 e. The second-order valence-corrected chi connectivity index (χ2v) is 8.10. The number of pyridine rings is 2. The molecule has 0 aliphatic rings. The standard InChI is InChI=1S/C23H28N8O4/c1-16(24)22(33)31(17(2)23(34)35)21(32)15-30-14-20(27-28-30)13-29(11-18-7-3-5-9-25-18)12-19-8-4-6-10-26-19/h3-10,14,16-17H,11-13,15,24H2,1-2H3,(H,34,35)/t16-,17-/m1/s1. The van der Waals surface area contributed by atoms with Crippen molar-refractivity contribution < 1.29 is 19.5 Å². The number of carboxylic acid groups (broad SMARTS) is 1. The second-order valence-electron chi connectivity index (χ2n) is 8.10. The molecule has 3 aromatic heterocycles. The van der Waals surface area contributed by atoms with Gasteiger partial charge in [-0.05, 0) is 38.1 Å². The van der Waals surface area contributed by atoms with Gasteiger partial charge in [0.25, 0.3) is 5.91 Å². The quantitative estimate of drug-likeness (QED) is 0.394. The van der Waals surface area contributed by atoms with Gasteiger partial charge in [0.15, 0.2) is 0 Å². The fourth-order valence-electron chi connectivity index (χ4n) is 3.40. The van der Waals surface area contributed by atoms with Crippen LogP contribution in [0, 0.1) is 0 Å². The minimum absolute atomic E-state index is 0.358. The number of aliphatic carboxylic acids is 1.